The number of hydrogen-bond acceptors (Lipinski definition) is 3. The summed E-state index contributed by atoms with van der Waals surface area (Å²) in [5, 5.41) is 0. The summed E-state index contributed by atoms with van der Waals surface area (Å²) >= 11 is 0. The van der Waals surface area contributed by atoms with Gasteiger partial charge in [0.1, 0.15) is 4.90 Å². The molecule has 0 aliphatic carbocycles. The van der Waals surface area contributed by atoms with E-state index in [4.69, 9.17) is 0 Å². The Balaban J connectivity index is 3.47. The Morgan fingerprint density at radius 1 is 1.21 bits per heavy atom. The maximum Gasteiger partial charge on any atom is 0.330 e. The fourth-order valence-electron chi connectivity index (χ4n) is 0.855. The monoisotopic (exact) mass is 226 g/mol. The van der Waals surface area contributed by atoms with Gasteiger partial charge in [-0.05, 0) is 23.1 Å². The SMILES string of the molecule is Cc1ccc(S(=O)(=O)OF)c(F)c1F. The number of aryl methyl sites for hydroxylation is 1. The summed E-state index contributed by atoms with van der Waals surface area (Å²) in [5.41, 5.74) is -0.0830. The molecule has 0 heterocycles. The van der Waals surface area contributed by atoms with Gasteiger partial charge in [-0.3, -0.25) is 0 Å². The van der Waals surface area contributed by atoms with Gasteiger partial charge in [0, 0.05) is 0 Å². The molecule has 0 N–H and O–H groups in total. The summed E-state index contributed by atoms with van der Waals surface area (Å²) < 4.78 is 61.2. The van der Waals surface area contributed by atoms with E-state index in [1.165, 1.54) is 6.92 Å². The van der Waals surface area contributed by atoms with Crippen molar-refractivity contribution in [2.24, 2.45) is 0 Å². The smallest absolute Gasteiger partial charge is 0.203 e. The van der Waals surface area contributed by atoms with Crippen molar-refractivity contribution >= 4 is 10.1 Å². The predicted molar refractivity (Wildman–Crippen MR) is 40.5 cm³/mol. The predicted octanol–water partition coefficient (Wildman–Crippen LogP) is 1.86. The van der Waals surface area contributed by atoms with E-state index in [2.05, 4.69) is 4.39 Å². The topological polar surface area (TPSA) is 43.4 Å². The lowest BCUT2D eigenvalue weighted by molar-refractivity contribution is 0.00246. The minimum atomic E-state index is -4.85. The molecule has 0 saturated heterocycles. The first kappa shape index (κ1) is 11.0. The molecule has 0 aromatic heterocycles. The molecule has 3 nitrogen and oxygen atoms in total. The van der Waals surface area contributed by atoms with E-state index in [0.29, 0.717) is 0 Å². The molecule has 0 amide bonds. The summed E-state index contributed by atoms with van der Waals surface area (Å²) in [6, 6.07) is 1.73. The van der Waals surface area contributed by atoms with Crippen LogP contribution in [0.3, 0.4) is 0 Å². The van der Waals surface area contributed by atoms with Crippen LogP contribution in [0.2, 0.25) is 0 Å². The van der Waals surface area contributed by atoms with E-state index in [-0.39, 0.29) is 5.56 Å². The average molecular weight is 226 g/mol. The molecule has 7 heteroatoms. The lowest BCUT2D eigenvalue weighted by atomic mass is 10.2. The Kier molecular flexibility index (Phi) is 2.81. The van der Waals surface area contributed by atoms with E-state index in [9.17, 15) is 21.7 Å². The zero-order valence-electron chi connectivity index (χ0n) is 6.92. The lowest BCUT2D eigenvalue weighted by Gasteiger charge is -2.02. The molecule has 1 rings (SSSR count). The van der Waals surface area contributed by atoms with E-state index < -0.39 is 26.6 Å². The van der Waals surface area contributed by atoms with Crippen LogP contribution in [0.4, 0.5) is 13.3 Å². The van der Waals surface area contributed by atoms with Crippen molar-refractivity contribution in [3.8, 4) is 0 Å². The Labute approximate surface area is 78.1 Å². The van der Waals surface area contributed by atoms with E-state index >= 15 is 0 Å². The second-order valence-corrected chi connectivity index (χ2v) is 4.00. The summed E-state index contributed by atoms with van der Waals surface area (Å²) in [6.45, 7) is 1.24. The first-order valence-electron chi connectivity index (χ1n) is 3.40. The van der Waals surface area contributed by atoms with E-state index in [1.807, 2.05) is 0 Å². The zero-order valence-corrected chi connectivity index (χ0v) is 7.74. The summed E-state index contributed by atoms with van der Waals surface area (Å²) in [6.07, 6.45) is 0. The molecular weight excluding hydrogens is 221 g/mol. The fourth-order valence-corrected chi connectivity index (χ4v) is 1.47. The second kappa shape index (κ2) is 3.58. The van der Waals surface area contributed by atoms with Crippen LogP contribution in [0.25, 0.3) is 0 Å². The van der Waals surface area contributed by atoms with Gasteiger partial charge in [-0.2, -0.15) is 8.42 Å². The third kappa shape index (κ3) is 1.73. The van der Waals surface area contributed by atoms with Crippen molar-refractivity contribution in [1.82, 2.24) is 0 Å². The molecule has 0 aliphatic rings. The molecule has 0 radical (unpaired) electrons. The molecular formula is C7H5F3O3S. The van der Waals surface area contributed by atoms with Crippen LogP contribution >= 0.6 is 0 Å². The van der Waals surface area contributed by atoms with Crippen molar-refractivity contribution in [3.05, 3.63) is 29.3 Å². The molecule has 0 atom stereocenters. The van der Waals surface area contributed by atoms with Gasteiger partial charge in [0.25, 0.3) is 0 Å². The molecule has 14 heavy (non-hydrogen) atoms. The quantitative estimate of drug-likeness (QED) is 0.773. The van der Waals surface area contributed by atoms with Gasteiger partial charge in [0.05, 0.1) is 0 Å². The molecule has 0 unspecified atom stereocenters. The van der Waals surface area contributed by atoms with Crippen LogP contribution in [0.1, 0.15) is 5.56 Å². The highest BCUT2D eigenvalue weighted by atomic mass is 32.2. The molecule has 0 aliphatic heterocycles. The van der Waals surface area contributed by atoms with Gasteiger partial charge in [-0.25, -0.2) is 8.78 Å². The van der Waals surface area contributed by atoms with Gasteiger partial charge in [0.15, 0.2) is 11.6 Å². The minimum Gasteiger partial charge on any atom is -0.203 e. The average Bonchev–Trinajstić information content (AvgIpc) is 2.14. The summed E-state index contributed by atoms with van der Waals surface area (Å²) in [7, 11) is -4.85. The number of halogens is 3. The van der Waals surface area contributed by atoms with E-state index in [0.717, 1.165) is 12.1 Å². The van der Waals surface area contributed by atoms with Crippen LogP contribution < -0.4 is 0 Å². The van der Waals surface area contributed by atoms with E-state index in [1.54, 1.807) is 0 Å². The molecule has 0 fully saturated rings. The highest BCUT2D eigenvalue weighted by Gasteiger charge is 2.24. The highest BCUT2D eigenvalue weighted by Crippen LogP contribution is 2.21. The van der Waals surface area contributed by atoms with Gasteiger partial charge in [-0.1, -0.05) is 10.5 Å². The third-order valence-electron chi connectivity index (χ3n) is 1.59. The molecule has 0 bridgehead atoms. The standard InChI is InChI=1S/C7H5F3O3S/c1-4-2-3-5(7(9)6(4)8)14(11,12)13-10/h2-3H,1H3. The van der Waals surface area contributed by atoms with Gasteiger partial charge in [0.2, 0.25) is 0 Å². The van der Waals surface area contributed by atoms with Crippen LogP contribution in [0.15, 0.2) is 17.0 Å². The maximum absolute atomic E-state index is 12.9. The lowest BCUT2D eigenvalue weighted by Crippen LogP contribution is -2.06. The molecule has 0 spiro atoms. The molecule has 78 valence electrons. The van der Waals surface area contributed by atoms with Gasteiger partial charge < -0.3 is 0 Å². The Morgan fingerprint density at radius 2 is 1.79 bits per heavy atom. The normalized spacial score (nSPS) is 11.7. The first-order valence-corrected chi connectivity index (χ1v) is 4.81. The maximum atomic E-state index is 12.9. The molecule has 1 aromatic carbocycles. The van der Waals surface area contributed by atoms with Gasteiger partial charge >= 0.3 is 10.1 Å². The van der Waals surface area contributed by atoms with Crippen LogP contribution in [0.5, 0.6) is 0 Å². The summed E-state index contributed by atoms with van der Waals surface area (Å²) in [4.78, 5) is -1.16. The van der Waals surface area contributed by atoms with Crippen LogP contribution in [-0.4, -0.2) is 8.42 Å². The van der Waals surface area contributed by atoms with Crippen molar-refractivity contribution in [3.63, 3.8) is 0 Å². The molecule has 0 saturated carbocycles. The van der Waals surface area contributed by atoms with Crippen molar-refractivity contribution < 1.29 is 26.1 Å². The number of benzene rings is 1. The first-order chi connectivity index (χ1) is 6.40. The highest BCUT2D eigenvalue weighted by molar-refractivity contribution is 7.86. The number of rotatable bonds is 2. The Bertz CT molecular complexity index is 455. The fraction of sp³-hybridized carbons (Fsp3) is 0.143. The van der Waals surface area contributed by atoms with Crippen LogP contribution in [0, 0.1) is 18.6 Å². The zero-order chi connectivity index (χ0) is 10.9. The van der Waals surface area contributed by atoms with Gasteiger partial charge in [-0.15, -0.1) is 0 Å². The van der Waals surface area contributed by atoms with Crippen molar-refractivity contribution in [2.45, 2.75) is 11.8 Å². The third-order valence-corrected chi connectivity index (χ3v) is 2.61. The summed E-state index contributed by atoms with van der Waals surface area (Å²) in [5.74, 6) is -2.99. The van der Waals surface area contributed by atoms with Crippen molar-refractivity contribution in [2.75, 3.05) is 0 Å². The molecule has 1 aromatic rings. The number of hydrogen-bond donors (Lipinski definition) is 0. The minimum absolute atomic E-state index is 0.0830. The second-order valence-electron chi connectivity index (χ2n) is 2.53. The van der Waals surface area contributed by atoms with Crippen molar-refractivity contribution in [1.29, 1.82) is 0 Å². The Hall–Kier alpha value is -1.08. The largest absolute Gasteiger partial charge is 0.330 e. The van der Waals surface area contributed by atoms with Crippen LogP contribution in [-0.2, 0) is 14.5 Å². The Morgan fingerprint density at radius 3 is 2.29 bits per heavy atom.